The zero-order chi connectivity index (χ0) is 24.6. The van der Waals surface area contributed by atoms with Gasteiger partial charge in [0, 0.05) is 6.54 Å². The zero-order valence-electron chi connectivity index (χ0n) is 19.3. The number of esters is 1. The quantitative estimate of drug-likeness (QED) is 0.467. The number of carbonyl (C=O) groups excluding carboxylic acids is 2. The molecule has 0 saturated carbocycles. The molecule has 0 aromatic heterocycles. The second-order valence-corrected chi connectivity index (χ2v) is 7.80. The maximum absolute atomic E-state index is 12.9. The Morgan fingerprint density at radius 3 is 2.06 bits per heavy atom. The molecule has 0 unspecified atom stereocenters. The molecule has 0 heterocycles. The van der Waals surface area contributed by atoms with E-state index in [9.17, 15) is 22.8 Å². The summed E-state index contributed by atoms with van der Waals surface area (Å²) < 4.78 is 48.8. The third-order valence-corrected chi connectivity index (χ3v) is 5.85. The number of methoxy groups -OCH3 is 1. The first-order valence-corrected chi connectivity index (χ1v) is 10.9. The predicted molar refractivity (Wildman–Crippen MR) is 119 cm³/mol. The minimum absolute atomic E-state index is 0.0566. The maximum atomic E-state index is 12.9. The second-order valence-electron chi connectivity index (χ2n) is 7.80. The van der Waals surface area contributed by atoms with Gasteiger partial charge in [-0.25, -0.2) is 0 Å². The van der Waals surface area contributed by atoms with Crippen LogP contribution in [0.25, 0.3) is 0 Å². The molecule has 2 aromatic rings. The second kappa shape index (κ2) is 11.2. The average molecular weight is 466 g/mol. The van der Waals surface area contributed by atoms with E-state index < -0.39 is 23.1 Å². The Kier molecular flexibility index (Phi) is 8.91. The van der Waals surface area contributed by atoms with Crippen LogP contribution >= 0.6 is 0 Å². The number of halogens is 3. The molecule has 5 nitrogen and oxygen atoms in total. The smallest absolute Gasteiger partial charge is 0.416 e. The SMILES string of the molecule is CCOC(=O)C(CC)(CC)Cc1ccc(OC)c(C(=O)NCc2ccc(C(F)(F)F)cc2)c1. The summed E-state index contributed by atoms with van der Waals surface area (Å²) in [6.07, 6.45) is -2.83. The van der Waals surface area contributed by atoms with E-state index >= 15 is 0 Å². The lowest BCUT2D eigenvalue weighted by Crippen LogP contribution is -2.34. The average Bonchev–Trinajstić information content (AvgIpc) is 2.80. The van der Waals surface area contributed by atoms with Crippen molar-refractivity contribution in [3.8, 4) is 5.75 Å². The van der Waals surface area contributed by atoms with Crippen LogP contribution in [0.3, 0.4) is 0 Å². The molecule has 0 atom stereocenters. The predicted octanol–water partition coefficient (Wildman–Crippen LogP) is 5.56. The zero-order valence-corrected chi connectivity index (χ0v) is 19.3. The van der Waals surface area contributed by atoms with Gasteiger partial charge in [-0.2, -0.15) is 13.2 Å². The van der Waals surface area contributed by atoms with Crippen LogP contribution in [0, 0.1) is 5.41 Å². The van der Waals surface area contributed by atoms with Crippen molar-refractivity contribution in [2.24, 2.45) is 5.41 Å². The highest BCUT2D eigenvalue weighted by Crippen LogP contribution is 2.34. The number of alkyl halides is 3. The molecule has 0 radical (unpaired) electrons. The van der Waals surface area contributed by atoms with Crippen LogP contribution in [-0.4, -0.2) is 25.6 Å². The summed E-state index contributed by atoms with van der Waals surface area (Å²) in [4.78, 5) is 25.5. The third-order valence-electron chi connectivity index (χ3n) is 5.85. The van der Waals surface area contributed by atoms with Gasteiger partial charge < -0.3 is 14.8 Å². The van der Waals surface area contributed by atoms with Crippen LogP contribution in [0.1, 0.15) is 60.7 Å². The molecular formula is C25H30F3NO4. The minimum Gasteiger partial charge on any atom is -0.496 e. The summed E-state index contributed by atoms with van der Waals surface area (Å²) in [5.41, 5.74) is 0.159. The molecule has 2 rings (SSSR count). The fraction of sp³-hybridized carbons (Fsp3) is 0.440. The molecule has 2 aromatic carbocycles. The van der Waals surface area contributed by atoms with Gasteiger partial charge in [0.25, 0.3) is 5.91 Å². The molecule has 0 aliphatic rings. The number of nitrogens with one attached hydrogen (secondary N) is 1. The van der Waals surface area contributed by atoms with Crippen molar-refractivity contribution < 1.29 is 32.2 Å². The van der Waals surface area contributed by atoms with Gasteiger partial charge in [-0.15, -0.1) is 0 Å². The standard InChI is InChI=1S/C25H30F3NO4/c1-5-24(6-2,23(31)33-7-3)15-18-10-13-21(32-4)20(14-18)22(30)29-16-17-8-11-19(12-9-17)25(26,27)28/h8-14H,5-7,15-16H2,1-4H3,(H,29,30). The molecule has 0 aliphatic carbocycles. The van der Waals surface area contributed by atoms with Crippen LogP contribution in [0.5, 0.6) is 5.75 Å². The Hall–Kier alpha value is -3.03. The van der Waals surface area contributed by atoms with E-state index in [-0.39, 0.29) is 18.1 Å². The highest BCUT2D eigenvalue weighted by Gasteiger charge is 2.36. The van der Waals surface area contributed by atoms with Crippen LogP contribution in [0.15, 0.2) is 42.5 Å². The van der Waals surface area contributed by atoms with Gasteiger partial charge in [-0.3, -0.25) is 9.59 Å². The van der Waals surface area contributed by atoms with Crippen molar-refractivity contribution in [1.82, 2.24) is 5.32 Å². The molecule has 180 valence electrons. The van der Waals surface area contributed by atoms with Crippen LogP contribution in [0.4, 0.5) is 13.2 Å². The van der Waals surface area contributed by atoms with E-state index in [1.807, 2.05) is 19.9 Å². The summed E-state index contributed by atoms with van der Waals surface area (Å²) in [7, 11) is 1.45. The summed E-state index contributed by atoms with van der Waals surface area (Å²) in [6, 6.07) is 9.77. The van der Waals surface area contributed by atoms with E-state index in [2.05, 4.69) is 5.32 Å². The van der Waals surface area contributed by atoms with E-state index in [1.54, 1.807) is 19.1 Å². The number of benzene rings is 2. The molecule has 0 bridgehead atoms. The van der Waals surface area contributed by atoms with Crippen molar-refractivity contribution in [2.75, 3.05) is 13.7 Å². The van der Waals surface area contributed by atoms with E-state index in [0.29, 0.717) is 37.2 Å². The van der Waals surface area contributed by atoms with E-state index in [1.165, 1.54) is 19.2 Å². The Bertz CT molecular complexity index is 951. The van der Waals surface area contributed by atoms with Gasteiger partial charge in [0.2, 0.25) is 0 Å². The number of amides is 1. The Morgan fingerprint density at radius 2 is 1.55 bits per heavy atom. The number of hydrogen-bond acceptors (Lipinski definition) is 4. The van der Waals surface area contributed by atoms with Gasteiger partial charge in [-0.1, -0.05) is 32.0 Å². The Labute approximate surface area is 192 Å². The Morgan fingerprint density at radius 1 is 0.939 bits per heavy atom. The van der Waals surface area contributed by atoms with Crippen molar-refractivity contribution in [1.29, 1.82) is 0 Å². The van der Waals surface area contributed by atoms with Crippen LogP contribution < -0.4 is 10.1 Å². The third kappa shape index (κ3) is 6.49. The van der Waals surface area contributed by atoms with Crippen molar-refractivity contribution in [3.05, 3.63) is 64.7 Å². The highest BCUT2D eigenvalue weighted by molar-refractivity contribution is 5.97. The molecule has 1 amide bonds. The van der Waals surface area contributed by atoms with Crippen molar-refractivity contribution in [2.45, 2.75) is 52.8 Å². The molecule has 0 spiro atoms. The van der Waals surface area contributed by atoms with Crippen molar-refractivity contribution >= 4 is 11.9 Å². The first-order valence-electron chi connectivity index (χ1n) is 10.9. The summed E-state index contributed by atoms with van der Waals surface area (Å²) in [5.74, 6) is -0.333. The number of carbonyl (C=O) groups is 2. The first kappa shape index (κ1) is 26.2. The number of rotatable bonds is 10. The van der Waals surface area contributed by atoms with E-state index in [4.69, 9.17) is 9.47 Å². The largest absolute Gasteiger partial charge is 0.496 e. The maximum Gasteiger partial charge on any atom is 0.416 e. The lowest BCUT2D eigenvalue weighted by atomic mass is 9.76. The van der Waals surface area contributed by atoms with Gasteiger partial charge in [-0.05, 0) is 61.6 Å². The Balaban J connectivity index is 2.21. The molecular weight excluding hydrogens is 435 g/mol. The lowest BCUT2D eigenvalue weighted by Gasteiger charge is -2.29. The fourth-order valence-corrected chi connectivity index (χ4v) is 3.67. The minimum atomic E-state index is -4.41. The number of ether oxygens (including phenoxy) is 2. The summed E-state index contributed by atoms with van der Waals surface area (Å²) in [6.45, 7) is 5.98. The molecule has 33 heavy (non-hydrogen) atoms. The molecule has 0 saturated heterocycles. The van der Waals surface area contributed by atoms with Crippen LogP contribution in [-0.2, 0) is 28.7 Å². The topological polar surface area (TPSA) is 64.6 Å². The van der Waals surface area contributed by atoms with Crippen LogP contribution in [0.2, 0.25) is 0 Å². The lowest BCUT2D eigenvalue weighted by molar-refractivity contribution is -0.156. The molecule has 0 aliphatic heterocycles. The highest BCUT2D eigenvalue weighted by atomic mass is 19.4. The number of hydrogen-bond donors (Lipinski definition) is 1. The van der Waals surface area contributed by atoms with Gasteiger partial charge in [0.15, 0.2) is 0 Å². The van der Waals surface area contributed by atoms with E-state index in [0.717, 1.165) is 17.7 Å². The monoisotopic (exact) mass is 465 g/mol. The molecule has 8 heteroatoms. The van der Waals surface area contributed by atoms with Gasteiger partial charge in [0.1, 0.15) is 5.75 Å². The van der Waals surface area contributed by atoms with Gasteiger partial charge in [0.05, 0.1) is 30.3 Å². The summed E-state index contributed by atoms with van der Waals surface area (Å²) >= 11 is 0. The first-order chi connectivity index (χ1) is 15.6. The molecule has 0 fully saturated rings. The van der Waals surface area contributed by atoms with Crippen molar-refractivity contribution in [3.63, 3.8) is 0 Å². The molecule has 1 N–H and O–H groups in total. The normalized spacial score (nSPS) is 11.7. The van der Waals surface area contributed by atoms with Gasteiger partial charge >= 0.3 is 12.1 Å². The summed E-state index contributed by atoms with van der Waals surface area (Å²) in [5, 5.41) is 2.72. The fourth-order valence-electron chi connectivity index (χ4n) is 3.67.